The van der Waals surface area contributed by atoms with Crippen molar-refractivity contribution in [1.82, 2.24) is 5.32 Å². The van der Waals surface area contributed by atoms with Gasteiger partial charge < -0.3 is 24.1 Å². The summed E-state index contributed by atoms with van der Waals surface area (Å²) in [6.07, 6.45) is -0.572. The molecule has 4 rings (SSSR count). The molecule has 9 heteroatoms. The number of nitrogens with one attached hydrogen (secondary N) is 1. The van der Waals surface area contributed by atoms with Crippen LogP contribution in [-0.2, 0) is 19.6 Å². The minimum absolute atomic E-state index is 0.0654. The minimum atomic E-state index is -1.09. The number of rotatable bonds is 4. The molecule has 0 aromatic heterocycles. The topological polar surface area (TPSA) is 66.0 Å². The van der Waals surface area contributed by atoms with Crippen LogP contribution in [0.1, 0.15) is 79.4 Å². The Kier molecular flexibility index (Phi) is 6.88. The van der Waals surface area contributed by atoms with Crippen molar-refractivity contribution in [2.75, 3.05) is 0 Å². The summed E-state index contributed by atoms with van der Waals surface area (Å²) in [5.74, 6) is -0.670. The molecule has 0 aliphatic carbocycles. The normalized spacial score (nSPS) is 24.8. The number of fused-ring (bicyclic) bond motifs is 1. The molecule has 37 heavy (non-hydrogen) atoms. The number of amides is 1. The van der Waals surface area contributed by atoms with E-state index in [9.17, 15) is 4.79 Å². The van der Waals surface area contributed by atoms with Gasteiger partial charge in [-0.15, -0.1) is 0 Å². The Morgan fingerprint density at radius 1 is 1.14 bits per heavy atom. The molecular weight excluding hydrogens is 496 g/mol. The zero-order chi connectivity index (χ0) is 27.6. The van der Waals surface area contributed by atoms with Gasteiger partial charge in [0.2, 0.25) is 0 Å². The molecule has 0 radical (unpaired) electrons. The second-order valence-corrected chi connectivity index (χ2v) is 12.3. The summed E-state index contributed by atoms with van der Waals surface area (Å²) >= 11 is 6.60. The smallest absolute Gasteiger partial charge is 0.479 e. The number of ether oxygens (including phenoxy) is 2. The van der Waals surface area contributed by atoms with Gasteiger partial charge >= 0.3 is 13.2 Å². The van der Waals surface area contributed by atoms with E-state index in [0.717, 1.165) is 5.56 Å². The van der Waals surface area contributed by atoms with Gasteiger partial charge in [-0.05, 0) is 61.0 Å². The molecule has 1 fully saturated rings. The molecule has 0 saturated carbocycles. The van der Waals surface area contributed by atoms with Crippen molar-refractivity contribution in [3.8, 4) is 5.75 Å². The van der Waals surface area contributed by atoms with Gasteiger partial charge in [0.05, 0.1) is 22.3 Å². The van der Waals surface area contributed by atoms with Crippen LogP contribution in [0.4, 0.5) is 9.18 Å². The lowest BCUT2D eigenvalue weighted by atomic mass is 9.68. The predicted octanol–water partition coefficient (Wildman–Crippen LogP) is 6.08. The number of benzene rings is 2. The maximum absolute atomic E-state index is 15.2. The van der Waals surface area contributed by atoms with E-state index in [0.29, 0.717) is 16.8 Å². The van der Waals surface area contributed by atoms with Gasteiger partial charge in [0.25, 0.3) is 0 Å². The summed E-state index contributed by atoms with van der Waals surface area (Å²) in [5.41, 5.74) is -1.14. The Hall–Kier alpha value is -2.29. The summed E-state index contributed by atoms with van der Waals surface area (Å²) in [5, 5.41) is 2.89. The van der Waals surface area contributed by atoms with Crippen molar-refractivity contribution in [3.63, 3.8) is 0 Å². The van der Waals surface area contributed by atoms with Crippen LogP contribution in [0.15, 0.2) is 36.4 Å². The first kappa shape index (κ1) is 27.7. The molecule has 1 unspecified atom stereocenters. The van der Waals surface area contributed by atoms with Gasteiger partial charge in [-0.2, -0.15) is 0 Å². The number of carbonyl (C=O) groups is 1. The van der Waals surface area contributed by atoms with E-state index in [2.05, 4.69) is 5.32 Å². The highest BCUT2D eigenvalue weighted by Crippen LogP contribution is 2.53. The Morgan fingerprint density at radius 3 is 2.24 bits per heavy atom. The third-order valence-electron chi connectivity index (χ3n) is 7.71. The van der Waals surface area contributed by atoms with Crippen molar-refractivity contribution < 1.29 is 28.0 Å². The Morgan fingerprint density at radius 2 is 1.70 bits per heavy atom. The second kappa shape index (κ2) is 9.17. The largest absolute Gasteiger partial charge is 0.496 e. The van der Waals surface area contributed by atoms with E-state index in [4.69, 9.17) is 30.4 Å². The highest BCUT2D eigenvalue weighted by molar-refractivity contribution is 6.66. The standard InChI is InChI=1S/C28H36BClFNO5/c1-16-21-20(15-19(31)23(30)22(21)29-36-26(6,7)27(8,9)37-29)34-28(16,18-13-11-10-12-14-18)17(2)32-24(33)35-25(3,4)5/h10-17H,1-9H3,(H,32,33)/t16-,17?,28+/m0/s1. The monoisotopic (exact) mass is 531 g/mol. The SMILES string of the molecule is CC(NC(=O)OC(C)(C)C)[C@]1(c2ccccc2)Oc2cc(F)c(Cl)c(B3OC(C)(C)C(C)(C)O3)c2[C@@H]1C. The third-order valence-corrected chi connectivity index (χ3v) is 8.09. The minimum Gasteiger partial charge on any atom is -0.479 e. The molecule has 1 N–H and O–H groups in total. The zero-order valence-electron chi connectivity index (χ0n) is 23.0. The highest BCUT2D eigenvalue weighted by atomic mass is 35.5. The quantitative estimate of drug-likeness (QED) is 0.484. The Bertz CT molecular complexity index is 1180. The van der Waals surface area contributed by atoms with Crippen LogP contribution in [-0.4, -0.2) is 36.1 Å². The van der Waals surface area contributed by atoms with Gasteiger partial charge in [0, 0.05) is 23.0 Å². The summed E-state index contributed by atoms with van der Waals surface area (Å²) in [6, 6.07) is 10.3. The predicted molar refractivity (Wildman–Crippen MR) is 143 cm³/mol. The first-order valence-electron chi connectivity index (χ1n) is 12.6. The van der Waals surface area contributed by atoms with Crippen molar-refractivity contribution in [2.24, 2.45) is 0 Å². The fraction of sp³-hybridized carbons (Fsp3) is 0.536. The van der Waals surface area contributed by atoms with Gasteiger partial charge in [-0.25, -0.2) is 9.18 Å². The van der Waals surface area contributed by atoms with E-state index >= 15 is 4.39 Å². The number of carbonyl (C=O) groups excluding carboxylic acids is 1. The second-order valence-electron chi connectivity index (χ2n) is 11.9. The molecule has 6 nitrogen and oxygen atoms in total. The van der Waals surface area contributed by atoms with E-state index in [1.54, 1.807) is 20.8 Å². The third kappa shape index (κ3) is 4.73. The first-order chi connectivity index (χ1) is 17.0. The summed E-state index contributed by atoms with van der Waals surface area (Å²) in [7, 11) is -0.895. The molecule has 1 saturated heterocycles. The van der Waals surface area contributed by atoms with Crippen molar-refractivity contribution >= 4 is 30.3 Å². The van der Waals surface area contributed by atoms with Crippen LogP contribution >= 0.6 is 11.6 Å². The average Bonchev–Trinajstić information content (AvgIpc) is 3.17. The molecular formula is C28H36BClFNO5. The molecule has 200 valence electrons. The molecule has 2 aliphatic heterocycles. The summed E-state index contributed by atoms with van der Waals surface area (Å²) in [6.45, 7) is 17.0. The average molecular weight is 532 g/mol. The highest BCUT2D eigenvalue weighted by Gasteiger charge is 2.58. The number of hydrogen-bond donors (Lipinski definition) is 1. The van der Waals surface area contributed by atoms with Gasteiger partial charge in [0.1, 0.15) is 17.2 Å². The number of alkyl carbamates (subject to hydrolysis) is 1. The lowest BCUT2D eigenvalue weighted by Crippen LogP contribution is -2.54. The lowest BCUT2D eigenvalue weighted by molar-refractivity contribution is 0.00578. The Balaban J connectivity index is 1.84. The fourth-order valence-corrected chi connectivity index (χ4v) is 5.40. The number of halogens is 2. The van der Waals surface area contributed by atoms with Crippen LogP contribution in [0.25, 0.3) is 0 Å². The van der Waals surface area contributed by atoms with E-state index < -0.39 is 47.5 Å². The molecule has 2 aromatic rings. The lowest BCUT2D eigenvalue weighted by Gasteiger charge is -2.39. The summed E-state index contributed by atoms with van der Waals surface area (Å²) in [4.78, 5) is 12.8. The maximum Gasteiger partial charge on any atom is 0.496 e. The van der Waals surface area contributed by atoms with E-state index in [1.807, 2.05) is 71.9 Å². The molecule has 1 amide bonds. The van der Waals surface area contributed by atoms with Crippen molar-refractivity contribution in [3.05, 3.63) is 58.4 Å². The summed E-state index contributed by atoms with van der Waals surface area (Å²) < 4.78 is 40.0. The van der Waals surface area contributed by atoms with Crippen LogP contribution < -0.4 is 15.5 Å². The molecule has 2 aliphatic rings. The van der Waals surface area contributed by atoms with Gasteiger partial charge in [-0.3, -0.25) is 0 Å². The van der Waals surface area contributed by atoms with Crippen molar-refractivity contribution in [1.29, 1.82) is 0 Å². The molecule has 0 bridgehead atoms. The molecule has 2 heterocycles. The molecule has 0 spiro atoms. The first-order valence-corrected chi connectivity index (χ1v) is 13.0. The van der Waals surface area contributed by atoms with Crippen LogP contribution in [0, 0.1) is 5.82 Å². The van der Waals surface area contributed by atoms with Gasteiger partial charge in [-0.1, -0.05) is 48.9 Å². The van der Waals surface area contributed by atoms with Crippen LogP contribution in [0.2, 0.25) is 5.02 Å². The van der Waals surface area contributed by atoms with Crippen molar-refractivity contribution in [2.45, 2.75) is 96.7 Å². The Labute approximate surface area is 224 Å². The maximum atomic E-state index is 15.2. The van der Waals surface area contributed by atoms with Crippen LogP contribution in [0.5, 0.6) is 5.75 Å². The van der Waals surface area contributed by atoms with E-state index in [1.165, 1.54) is 6.07 Å². The van der Waals surface area contributed by atoms with Crippen LogP contribution in [0.3, 0.4) is 0 Å². The van der Waals surface area contributed by atoms with E-state index in [-0.39, 0.29) is 10.9 Å². The zero-order valence-corrected chi connectivity index (χ0v) is 23.7. The van der Waals surface area contributed by atoms with Gasteiger partial charge in [0.15, 0.2) is 5.60 Å². The molecule has 3 atom stereocenters. The molecule has 2 aromatic carbocycles. The number of hydrogen-bond acceptors (Lipinski definition) is 5. The fourth-order valence-electron chi connectivity index (χ4n) is 5.16.